The molecule has 1 atom stereocenters. The topological polar surface area (TPSA) is 65.1 Å². The molecular weight excluding hydrogens is 332 g/mol. The molecule has 0 bridgehead atoms. The van der Waals surface area contributed by atoms with Gasteiger partial charge in [0.2, 0.25) is 0 Å². The number of nitrogens with zero attached hydrogens (tertiary/aromatic N) is 2. The Kier molecular flexibility index (Phi) is 5.13. The number of ether oxygens (including phenoxy) is 1. The van der Waals surface area contributed by atoms with Gasteiger partial charge >= 0.3 is 0 Å². The highest BCUT2D eigenvalue weighted by molar-refractivity contribution is 9.10. The number of aromatic nitrogens is 2. The van der Waals surface area contributed by atoms with Gasteiger partial charge in [0.1, 0.15) is 0 Å². The summed E-state index contributed by atoms with van der Waals surface area (Å²) in [5.74, 6) is 5.92. The quantitative estimate of drug-likeness (QED) is 0.627. The lowest BCUT2D eigenvalue weighted by atomic mass is 9.68. The van der Waals surface area contributed by atoms with Crippen molar-refractivity contribution in [2.75, 3.05) is 6.61 Å². The zero-order valence-corrected chi connectivity index (χ0v) is 15.0. The van der Waals surface area contributed by atoms with E-state index < -0.39 is 0 Å². The molecule has 1 aliphatic rings. The van der Waals surface area contributed by atoms with Crippen LogP contribution in [0.4, 0.5) is 0 Å². The SMILES string of the molecule is CCOC1(C(NN)c2c(Br)cnn2C)CCC(C)(C)CC1. The summed E-state index contributed by atoms with van der Waals surface area (Å²) >= 11 is 3.59. The van der Waals surface area contributed by atoms with Gasteiger partial charge in [-0.1, -0.05) is 13.8 Å². The van der Waals surface area contributed by atoms with Crippen LogP contribution in [0.1, 0.15) is 58.2 Å². The van der Waals surface area contributed by atoms with Crippen molar-refractivity contribution in [3.63, 3.8) is 0 Å². The van der Waals surface area contributed by atoms with Crippen LogP contribution in [-0.4, -0.2) is 22.0 Å². The molecule has 5 nitrogen and oxygen atoms in total. The molecule has 21 heavy (non-hydrogen) atoms. The highest BCUT2D eigenvalue weighted by atomic mass is 79.9. The number of hydrogen-bond donors (Lipinski definition) is 2. The molecule has 0 spiro atoms. The second-order valence-corrected chi connectivity index (χ2v) is 7.62. The third-order valence-corrected chi connectivity index (χ3v) is 5.40. The molecule has 0 radical (unpaired) electrons. The van der Waals surface area contributed by atoms with Gasteiger partial charge in [0, 0.05) is 13.7 Å². The number of nitrogens with two attached hydrogens (primary N) is 1. The summed E-state index contributed by atoms with van der Waals surface area (Å²) in [6.45, 7) is 7.39. The Morgan fingerprint density at radius 1 is 1.43 bits per heavy atom. The monoisotopic (exact) mass is 358 g/mol. The van der Waals surface area contributed by atoms with E-state index in [1.165, 1.54) is 0 Å². The number of nitrogens with one attached hydrogen (secondary N) is 1. The van der Waals surface area contributed by atoms with Crippen molar-refractivity contribution < 1.29 is 4.74 Å². The molecular formula is C15H27BrN4O. The van der Waals surface area contributed by atoms with Crippen LogP contribution < -0.4 is 11.3 Å². The lowest BCUT2D eigenvalue weighted by molar-refractivity contribution is -0.109. The average molecular weight is 359 g/mol. The smallest absolute Gasteiger partial charge is 0.0929 e. The first-order valence-electron chi connectivity index (χ1n) is 7.63. The minimum absolute atomic E-state index is 0.0737. The Morgan fingerprint density at radius 3 is 2.48 bits per heavy atom. The molecule has 6 heteroatoms. The lowest BCUT2D eigenvalue weighted by Gasteiger charge is -2.47. The Balaban J connectivity index is 2.36. The van der Waals surface area contributed by atoms with Gasteiger partial charge in [-0.15, -0.1) is 0 Å². The third-order valence-electron chi connectivity index (χ3n) is 4.79. The van der Waals surface area contributed by atoms with Crippen molar-refractivity contribution >= 4 is 15.9 Å². The summed E-state index contributed by atoms with van der Waals surface area (Å²) < 4.78 is 9.09. The predicted molar refractivity (Wildman–Crippen MR) is 87.6 cm³/mol. The van der Waals surface area contributed by atoms with Crippen molar-refractivity contribution in [2.24, 2.45) is 18.3 Å². The normalized spacial score (nSPS) is 22.2. The minimum atomic E-state index is -0.269. The van der Waals surface area contributed by atoms with E-state index in [-0.39, 0.29) is 11.6 Å². The molecule has 1 saturated carbocycles. The van der Waals surface area contributed by atoms with Crippen LogP contribution in [0, 0.1) is 5.41 Å². The third kappa shape index (κ3) is 3.33. The van der Waals surface area contributed by atoms with Crippen LogP contribution in [0.3, 0.4) is 0 Å². The Hall–Kier alpha value is -0.430. The number of hydrazine groups is 1. The van der Waals surface area contributed by atoms with E-state index in [1.54, 1.807) is 0 Å². The molecule has 1 unspecified atom stereocenters. The number of hydrogen-bond acceptors (Lipinski definition) is 4. The molecule has 1 aromatic rings. The maximum atomic E-state index is 6.25. The van der Waals surface area contributed by atoms with Crippen molar-refractivity contribution in [1.82, 2.24) is 15.2 Å². The van der Waals surface area contributed by atoms with Gasteiger partial charge < -0.3 is 4.74 Å². The molecule has 1 fully saturated rings. The van der Waals surface area contributed by atoms with Crippen LogP contribution >= 0.6 is 15.9 Å². The molecule has 3 N–H and O–H groups in total. The first-order valence-corrected chi connectivity index (χ1v) is 8.42. The van der Waals surface area contributed by atoms with Gasteiger partial charge in [-0.05, 0) is 54.0 Å². The van der Waals surface area contributed by atoms with E-state index in [1.807, 2.05) is 24.9 Å². The van der Waals surface area contributed by atoms with Crippen LogP contribution in [0.15, 0.2) is 10.7 Å². The van der Waals surface area contributed by atoms with E-state index in [2.05, 4.69) is 40.3 Å². The predicted octanol–water partition coefficient (Wildman–Crippen LogP) is 3.06. The van der Waals surface area contributed by atoms with E-state index in [4.69, 9.17) is 10.6 Å². The molecule has 0 saturated heterocycles. The summed E-state index contributed by atoms with van der Waals surface area (Å²) in [6.07, 6.45) is 6.09. The van der Waals surface area contributed by atoms with Crippen LogP contribution in [0.5, 0.6) is 0 Å². The lowest BCUT2D eigenvalue weighted by Crippen LogP contribution is -2.52. The van der Waals surface area contributed by atoms with Crippen molar-refractivity contribution in [1.29, 1.82) is 0 Å². The number of halogens is 1. The average Bonchev–Trinajstić information content (AvgIpc) is 2.75. The first-order chi connectivity index (χ1) is 9.85. The maximum Gasteiger partial charge on any atom is 0.0929 e. The van der Waals surface area contributed by atoms with Crippen LogP contribution in [0.2, 0.25) is 0 Å². The highest BCUT2D eigenvalue weighted by Gasteiger charge is 2.46. The van der Waals surface area contributed by atoms with Crippen molar-refractivity contribution in [3.8, 4) is 0 Å². The molecule has 0 aromatic carbocycles. The van der Waals surface area contributed by atoms with Gasteiger partial charge in [0.05, 0.1) is 28.0 Å². The van der Waals surface area contributed by atoms with Crippen molar-refractivity contribution in [2.45, 2.75) is 58.1 Å². The molecule has 2 rings (SSSR count). The molecule has 1 aromatic heterocycles. The molecule has 1 heterocycles. The summed E-state index contributed by atoms with van der Waals surface area (Å²) in [6, 6.07) is -0.0737. The molecule has 0 amide bonds. The fourth-order valence-corrected chi connectivity index (χ4v) is 3.96. The van der Waals surface area contributed by atoms with Gasteiger partial charge in [-0.3, -0.25) is 10.5 Å². The van der Waals surface area contributed by atoms with Gasteiger partial charge in [0.15, 0.2) is 0 Å². The Bertz CT molecular complexity index is 457. The summed E-state index contributed by atoms with van der Waals surface area (Å²) in [7, 11) is 1.94. The summed E-state index contributed by atoms with van der Waals surface area (Å²) in [4.78, 5) is 0. The fourth-order valence-electron chi connectivity index (χ4n) is 3.38. The van der Waals surface area contributed by atoms with Crippen LogP contribution in [-0.2, 0) is 11.8 Å². The second-order valence-electron chi connectivity index (χ2n) is 6.76. The maximum absolute atomic E-state index is 6.25. The van der Waals surface area contributed by atoms with Gasteiger partial charge in [-0.2, -0.15) is 5.10 Å². The van der Waals surface area contributed by atoms with E-state index >= 15 is 0 Å². The van der Waals surface area contributed by atoms with E-state index in [0.717, 1.165) is 35.8 Å². The largest absolute Gasteiger partial charge is 0.373 e. The molecule has 1 aliphatic carbocycles. The highest BCUT2D eigenvalue weighted by Crippen LogP contribution is 2.48. The Labute approximate surface area is 135 Å². The van der Waals surface area contributed by atoms with Gasteiger partial charge in [-0.25, -0.2) is 5.43 Å². The Morgan fingerprint density at radius 2 is 2.05 bits per heavy atom. The second kappa shape index (κ2) is 6.36. The number of aryl methyl sites for hydroxylation is 1. The standard InChI is InChI=1S/C15H27BrN4O/c1-5-21-15(8-6-14(2,3)7-9-15)13(19-17)12-11(16)10-18-20(12)4/h10,13,19H,5-9,17H2,1-4H3. The van der Waals surface area contributed by atoms with E-state index in [9.17, 15) is 0 Å². The summed E-state index contributed by atoms with van der Waals surface area (Å²) in [5.41, 5.74) is 4.15. The molecule has 0 aliphatic heterocycles. The fraction of sp³-hybridized carbons (Fsp3) is 0.800. The number of rotatable bonds is 5. The van der Waals surface area contributed by atoms with Crippen LogP contribution in [0.25, 0.3) is 0 Å². The zero-order valence-electron chi connectivity index (χ0n) is 13.4. The summed E-state index contributed by atoms with van der Waals surface area (Å²) in [5, 5.41) is 4.32. The van der Waals surface area contributed by atoms with E-state index in [0.29, 0.717) is 12.0 Å². The minimum Gasteiger partial charge on any atom is -0.373 e. The zero-order chi connectivity index (χ0) is 15.7. The van der Waals surface area contributed by atoms with Crippen molar-refractivity contribution in [3.05, 3.63) is 16.4 Å². The van der Waals surface area contributed by atoms with Gasteiger partial charge in [0.25, 0.3) is 0 Å². The molecule has 120 valence electrons. The first kappa shape index (κ1) is 16.9.